The number of carbonyl (C=O) groups is 1. The molecule has 0 aromatic rings. The van der Waals surface area contributed by atoms with E-state index in [9.17, 15) is 9.90 Å². The molecule has 3 unspecified atom stereocenters. The lowest BCUT2D eigenvalue weighted by Gasteiger charge is -2.39. The maximum absolute atomic E-state index is 11.4. The first-order chi connectivity index (χ1) is 17.1. The summed E-state index contributed by atoms with van der Waals surface area (Å²) in [5, 5.41) is 11.4. The molecule has 0 bridgehead atoms. The van der Waals surface area contributed by atoms with E-state index in [0.29, 0.717) is 11.3 Å². The van der Waals surface area contributed by atoms with Gasteiger partial charge >= 0.3 is 0 Å². The van der Waals surface area contributed by atoms with Gasteiger partial charge < -0.3 is 14.4 Å². The summed E-state index contributed by atoms with van der Waals surface area (Å²) in [5.74, 6) is -0.429. The van der Waals surface area contributed by atoms with Crippen LogP contribution in [0.15, 0.2) is 0 Å². The molecule has 0 saturated carbocycles. The largest absolute Gasteiger partial charge is 0.550 e. The Morgan fingerprint density at radius 3 is 1.27 bits per heavy atom. The van der Waals surface area contributed by atoms with Crippen LogP contribution in [0.3, 0.4) is 0 Å². The van der Waals surface area contributed by atoms with Gasteiger partial charge in [-0.05, 0) is 67.6 Å². The lowest BCUT2D eigenvalue weighted by molar-refractivity contribution is -0.929. The number of carbonyl (C=O) groups excluding carboxylic acids is 1. The Balaban J connectivity index is 0. The zero-order valence-corrected chi connectivity index (χ0v) is 27.8. The summed E-state index contributed by atoms with van der Waals surface area (Å²) in [6, 6.07) is 0. The van der Waals surface area contributed by atoms with E-state index in [1.54, 1.807) is 0 Å². The zero-order chi connectivity index (χ0) is 29.1. The first kappa shape index (κ1) is 38.6. The Labute approximate surface area is 235 Å². The number of aliphatic carboxylic acids is 1. The molecule has 37 heavy (non-hydrogen) atoms. The van der Waals surface area contributed by atoms with Crippen molar-refractivity contribution in [1.82, 2.24) is 0 Å². The van der Waals surface area contributed by atoms with Gasteiger partial charge in [-0.1, -0.05) is 115 Å². The van der Waals surface area contributed by atoms with Crippen LogP contribution in [0.4, 0.5) is 0 Å². The topological polar surface area (TPSA) is 40.1 Å². The predicted octanol–water partition coefficient (Wildman–Crippen LogP) is 9.28. The molecule has 0 fully saturated rings. The van der Waals surface area contributed by atoms with Gasteiger partial charge in [-0.3, -0.25) is 0 Å². The summed E-state index contributed by atoms with van der Waals surface area (Å²) in [6.07, 6.45) is 14.9. The van der Waals surface area contributed by atoms with Crippen LogP contribution < -0.4 is 5.11 Å². The highest BCUT2D eigenvalue weighted by Gasteiger charge is 2.26. The van der Waals surface area contributed by atoms with Crippen LogP contribution in [0.5, 0.6) is 0 Å². The standard InChI is InChI=1S/C18H36O2.C16H36N/c1-13(11-17(3,4)5)9-10-15(16(19)20)14(2)12-18(6,7)8;1-5-9-13-17(14-10-6-2,15-11-7-3)16-12-8-4/h13-15H,9-12H2,1-8H3,(H,19,20);5-16H2,1-4H3/q;+1/p-1. The summed E-state index contributed by atoms with van der Waals surface area (Å²) in [7, 11) is 0. The monoisotopic (exact) mass is 526 g/mol. The van der Waals surface area contributed by atoms with Crippen molar-refractivity contribution < 1.29 is 14.4 Å². The van der Waals surface area contributed by atoms with E-state index in [0.717, 1.165) is 25.7 Å². The van der Waals surface area contributed by atoms with E-state index in [4.69, 9.17) is 0 Å². The minimum atomic E-state index is -0.871. The Bertz CT molecular complexity index is 505. The van der Waals surface area contributed by atoms with Gasteiger partial charge in [-0.2, -0.15) is 0 Å². The number of rotatable bonds is 19. The van der Waals surface area contributed by atoms with Crippen molar-refractivity contribution >= 4 is 5.97 Å². The van der Waals surface area contributed by atoms with E-state index in [1.165, 1.54) is 82.0 Å². The van der Waals surface area contributed by atoms with Gasteiger partial charge in [-0.25, -0.2) is 0 Å². The Kier molecular flexibility index (Phi) is 21.2. The van der Waals surface area contributed by atoms with Crippen LogP contribution in [0, 0.1) is 28.6 Å². The molecule has 0 spiro atoms. The zero-order valence-electron chi connectivity index (χ0n) is 27.8. The highest BCUT2D eigenvalue weighted by atomic mass is 16.4. The minimum Gasteiger partial charge on any atom is -0.550 e. The highest BCUT2D eigenvalue weighted by Crippen LogP contribution is 2.33. The minimum absolute atomic E-state index is 0.171. The number of carboxylic acids is 1. The molecule has 3 heteroatoms. The molecule has 3 atom stereocenters. The smallest absolute Gasteiger partial charge is 0.0786 e. The lowest BCUT2D eigenvalue weighted by Crippen LogP contribution is -2.50. The fourth-order valence-corrected chi connectivity index (χ4v) is 6.00. The maximum Gasteiger partial charge on any atom is 0.0786 e. The summed E-state index contributed by atoms with van der Waals surface area (Å²) in [6.45, 7) is 32.5. The van der Waals surface area contributed by atoms with Crippen molar-refractivity contribution in [1.29, 1.82) is 0 Å². The van der Waals surface area contributed by atoms with E-state index in [2.05, 4.69) is 83.1 Å². The van der Waals surface area contributed by atoms with Gasteiger partial charge in [-0.15, -0.1) is 0 Å². The summed E-state index contributed by atoms with van der Waals surface area (Å²) in [5.41, 5.74) is 0.484. The summed E-state index contributed by atoms with van der Waals surface area (Å²) in [4.78, 5) is 11.4. The van der Waals surface area contributed by atoms with Gasteiger partial charge in [0.2, 0.25) is 0 Å². The molecule has 0 heterocycles. The second kappa shape index (κ2) is 20.3. The fraction of sp³-hybridized carbons (Fsp3) is 0.971. The van der Waals surface area contributed by atoms with E-state index >= 15 is 0 Å². The van der Waals surface area contributed by atoms with Gasteiger partial charge in [0.05, 0.1) is 26.2 Å². The van der Waals surface area contributed by atoms with Crippen LogP contribution in [-0.2, 0) is 4.79 Å². The van der Waals surface area contributed by atoms with Crippen molar-refractivity contribution in [2.45, 2.75) is 160 Å². The van der Waals surface area contributed by atoms with Gasteiger partial charge in [0.15, 0.2) is 0 Å². The molecular weight excluding hydrogens is 454 g/mol. The third kappa shape index (κ3) is 22.0. The Morgan fingerprint density at radius 1 is 0.649 bits per heavy atom. The van der Waals surface area contributed by atoms with Gasteiger partial charge in [0, 0.05) is 11.9 Å². The van der Waals surface area contributed by atoms with Crippen molar-refractivity contribution in [3.8, 4) is 0 Å². The quantitative estimate of drug-likeness (QED) is 0.158. The maximum atomic E-state index is 11.4. The first-order valence-electron chi connectivity index (χ1n) is 16.1. The SMILES string of the molecule is CC(CCC(C(=O)[O-])C(C)CC(C)(C)C)CC(C)(C)C.CCCC[N+](CCCC)(CCCC)CCCC. The second-order valence-electron chi connectivity index (χ2n) is 14.8. The van der Waals surface area contributed by atoms with Crippen molar-refractivity contribution in [3.63, 3.8) is 0 Å². The molecule has 0 rings (SSSR count). The van der Waals surface area contributed by atoms with Crippen LogP contribution >= 0.6 is 0 Å². The molecule has 0 aromatic heterocycles. The fourth-order valence-electron chi connectivity index (χ4n) is 6.00. The molecule has 0 aromatic carbocycles. The van der Waals surface area contributed by atoms with Crippen molar-refractivity contribution in [3.05, 3.63) is 0 Å². The van der Waals surface area contributed by atoms with E-state index in [-0.39, 0.29) is 17.3 Å². The molecule has 0 aliphatic rings. The van der Waals surface area contributed by atoms with Gasteiger partial charge in [0.1, 0.15) is 0 Å². The molecule has 0 aliphatic heterocycles. The Morgan fingerprint density at radius 2 is 1.00 bits per heavy atom. The van der Waals surface area contributed by atoms with Crippen LogP contribution in [-0.4, -0.2) is 36.6 Å². The number of carboxylic acid groups (broad SMARTS) is 1. The number of unbranched alkanes of at least 4 members (excludes halogenated alkanes) is 4. The molecule has 0 saturated heterocycles. The second-order valence-corrected chi connectivity index (χ2v) is 14.8. The number of hydrogen-bond donors (Lipinski definition) is 0. The third-order valence-electron chi connectivity index (χ3n) is 7.80. The first-order valence-corrected chi connectivity index (χ1v) is 16.1. The molecular formula is C34H71NO2. The van der Waals surface area contributed by atoms with Crippen molar-refractivity contribution in [2.24, 2.45) is 28.6 Å². The number of quaternary nitrogens is 1. The van der Waals surface area contributed by atoms with E-state index < -0.39 is 5.97 Å². The van der Waals surface area contributed by atoms with Crippen molar-refractivity contribution in [2.75, 3.05) is 26.2 Å². The van der Waals surface area contributed by atoms with Crippen LogP contribution in [0.2, 0.25) is 0 Å². The van der Waals surface area contributed by atoms with Gasteiger partial charge in [0.25, 0.3) is 0 Å². The number of nitrogens with zero attached hydrogens (tertiary/aromatic N) is 1. The lowest BCUT2D eigenvalue weighted by atomic mass is 9.76. The normalized spacial score (nSPS) is 15.0. The molecule has 0 N–H and O–H groups in total. The highest BCUT2D eigenvalue weighted by molar-refractivity contribution is 5.67. The average molecular weight is 526 g/mol. The molecule has 224 valence electrons. The van der Waals surface area contributed by atoms with Crippen LogP contribution in [0.25, 0.3) is 0 Å². The average Bonchev–Trinajstić information content (AvgIpc) is 2.76. The molecule has 0 aliphatic carbocycles. The molecule has 3 nitrogen and oxygen atoms in total. The van der Waals surface area contributed by atoms with Crippen LogP contribution in [0.1, 0.15) is 160 Å². The Hall–Kier alpha value is -0.570. The third-order valence-corrected chi connectivity index (χ3v) is 7.80. The summed E-state index contributed by atoms with van der Waals surface area (Å²) >= 11 is 0. The van der Waals surface area contributed by atoms with E-state index in [1.807, 2.05) is 0 Å². The summed E-state index contributed by atoms with van der Waals surface area (Å²) < 4.78 is 1.42. The predicted molar refractivity (Wildman–Crippen MR) is 164 cm³/mol. The molecule has 0 amide bonds. The number of hydrogen-bond acceptors (Lipinski definition) is 2. The molecule has 0 radical (unpaired) electrons.